The van der Waals surface area contributed by atoms with E-state index in [4.69, 9.17) is 16.3 Å². The van der Waals surface area contributed by atoms with Crippen LogP contribution in [0.15, 0.2) is 53.3 Å². The lowest BCUT2D eigenvalue weighted by Crippen LogP contribution is -2.30. The Morgan fingerprint density at radius 2 is 1.84 bits per heavy atom. The predicted molar refractivity (Wildman–Crippen MR) is 95.8 cm³/mol. The first-order valence-corrected chi connectivity index (χ1v) is 8.02. The molecule has 1 aromatic heterocycles. The molecule has 0 bridgehead atoms. The molecular formula is C18H16ClN3O3. The molecule has 1 N–H and O–H groups in total. The molecule has 6 nitrogen and oxygen atoms in total. The van der Waals surface area contributed by atoms with Gasteiger partial charge in [0.05, 0.1) is 17.6 Å². The van der Waals surface area contributed by atoms with E-state index in [2.05, 4.69) is 10.4 Å². The van der Waals surface area contributed by atoms with Crippen molar-refractivity contribution < 1.29 is 9.53 Å². The number of fused-ring (bicyclic) bond motifs is 1. The standard InChI is InChI=1S/C18H16ClN3O3/c1-22-18(24)15-5-3-2-4-14(15)16(21-22)10-20-17(23)11-25-13-8-6-12(19)7-9-13/h2-9H,10-11H2,1H3,(H,20,23). The summed E-state index contributed by atoms with van der Waals surface area (Å²) in [4.78, 5) is 24.1. The zero-order valence-corrected chi connectivity index (χ0v) is 14.3. The van der Waals surface area contributed by atoms with Crippen molar-refractivity contribution in [2.45, 2.75) is 6.54 Å². The zero-order chi connectivity index (χ0) is 17.8. The van der Waals surface area contributed by atoms with Crippen molar-refractivity contribution in [1.82, 2.24) is 15.1 Å². The monoisotopic (exact) mass is 357 g/mol. The topological polar surface area (TPSA) is 73.2 Å². The third-order valence-corrected chi connectivity index (χ3v) is 3.92. The van der Waals surface area contributed by atoms with Gasteiger partial charge in [-0.1, -0.05) is 29.8 Å². The molecule has 0 aliphatic carbocycles. The van der Waals surface area contributed by atoms with Gasteiger partial charge in [-0.25, -0.2) is 4.68 Å². The molecule has 0 aliphatic heterocycles. The van der Waals surface area contributed by atoms with E-state index in [0.29, 0.717) is 21.9 Å². The van der Waals surface area contributed by atoms with E-state index < -0.39 is 0 Å². The molecule has 128 valence electrons. The van der Waals surface area contributed by atoms with Gasteiger partial charge in [-0.2, -0.15) is 5.10 Å². The van der Waals surface area contributed by atoms with Gasteiger partial charge in [0.1, 0.15) is 5.75 Å². The van der Waals surface area contributed by atoms with Crippen LogP contribution in [0, 0.1) is 0 Å². The smallest absolute Gasteiger partial charge is 0.274 e. The van der Waals surface area contributed by atoms with Crippen molar-refractivity contribution in [2.75, 3.05) is 6.61 Å². The molecule has 2 aromatic carbocycles. The second-order valence-electron chi connectivity index (χ2n) is 5.44. The molecule has 3 aromatic rings. The minimum Gasteiger partial charge on any atom is -0.484 e. The zero-order valence-electron chi connectivity index (χ0n) is 13.5. The van der Waals surface area contributed by atoms with Crippen molar-refractivity contribution in [2.24, 2.45) is 7.05 Å². The molecule has 0 spiro atoms. The highest BCUT2D eigenvalue weighted by Crippen LogP contribution is 2.15. The number of benzene rings is 2. The number of aromatic nitrogens is 2. The van der Waals surface area contributed by atoms with Gasteiger partial charge in [0.25, 0.3) is 11.5 Å². The number of rotatable bonds is 5. The Balaban J connectivity index is 1.66. The third-order valence-electron chi connectivity index (χ3n) is 3.67. The summed E-state index contributed by atoms with van der Waals surface area (Å²) in [6, 6.07) is 14.0. The van der Waals surface area contributed by atoms with Crippen LogP contribution in [0.25, 0.3) is 10.8 Å². The van der Waals surface area contributed by atoms with Gasteiger partial charge >= 0.3 is 0 Å². The molecule has 0 radical (unpaired) electrons. The van der Waals surface area contributed by atoms with Crippen molar-refractivity contribution in [1.29, 1.82) is 0 Å². The van der Waals surface area contributed by atoms with E-state index in [0.717, 1.165) is 5.39 Å². The number of amides is 1. The summed E-state index contributed by atoms with van der Waals surface area (Å²) in [7, 11) is 1.59. The molecule has 0 unspecified atom stereocenters. The van der Waals surface area contributed by atoms with Crippen LogP contribution in [0.4, 0.5) is 0 Å². The second kappa shape index (κ2) is 7.36. The first-order valence-electron chi connectivity index (χ1n) is 7.64. The maximum absolute atomic E-state index is 12.1. The fourth-order valence-electron chi connectivity index (χ4n) is 2.42. The molecule has 3 rings (SSSR count). The van der Waals surface area contributed by atoms with E-state index >= 15 is 0 Å². The molecule has 1 amide bonds. The number of hydrogen-bond donors (Lipinski definition) is 1. The van der Waals surface area contributed by atoms with Crippen molar-refractivity contribution in [3.05, 3.63) is 69.6 Å². The average molecular weight is 358 g/mol. The van der Waals surface area contributed by atoms with Crippen LogP contribution in [0.2, 0.25) is 5.02 Å². The molecule has 0 saturated heterocycles. The van der Waals surface area contributed by atoms with Gasteiger partial charge < -0.3 is 10.1 Å². The Morgan fingerprint density at radius 1 is 1.16 bits per heavy atom. The van der Waals surface area contributed by atoms with Crippen LogP contribution in [-0.2, 0) is 18.4 Å². The summed E-state index contributed by atoms with van der Waals surface area (Å²) >= 11 is 5.80. The van der Waals surface area contributed by atoms with Crippen LogP contribution >= 0.6 is 11.6 Å². The molecule has 0 fully saturated rings. The summed E-state index contributed by atoms with van der Waals surface area (Å²) in [5.41, 5.74) is 0.453. The minimum atomic E-state index is -0.283. The van der Waals surface area contributed by atoms with Crippen molar-refractivity contribution >= 4 is 28.3 Å². The molecular weight excluding hydrogens is 342 g/mol. The van der Waals surface area contributed by atoms with Gasteiger partial charge in [0, 0.05) is 17.5 Å². The lowest BCUT2D eigenvalue weighted by molar-refractivity contribution is -0.123. The summed E-state index contributed by atoms with van der Waals surface area (Å²) < 4.78 is 6.67. The maximum atomic E-state index is 12.1. The van der Waals surface area contributed by atoms with E-state index in [1.54, 1.807) is 43.4 Å². The van der Waals surface area contributed by atoms with Crippen molar-refractivity contribution in [3.8, 4) is 5.75 Å². The first kappa shape index (κ1) is 17.0. The quantitative estimate of drug-likeness (QED) is 0.760. The average Bonchev–Trinajstić information content (AvgIpc) is 2.63. The van der Waals surface area contributed by atoms with Gasteiger partial charge in [-0.15, -0.1) is 0 Å². The van der Waals surface area contributed by atoms with E-state index in [1.807, 2.05) is 12.1 Å². The fraction of sp³-hybridized carbons (Fsp3) is 0.167. The SMILES string of the molecule is Cn1nc(CNC(=O)COc2ccc(Cl)cc2)c2ccccc2c1=O. The van der Waals surface area contributed by atoms with Crippen LogP contribution in [-0.4, -0.2) is 22.3 Å². The van der Waals surface area contributed by atoms with Gasteiger partial charge in [-0.05, 0) is 30.3 Å². The van der Waals surface area contributed by atoms with E-state index in [-0.39, 0.29) is 24.6 Å². The normalized spacial score (nSPS) is 10.6. The Labute approximate surface area is 149 Å². The van der Waals surface area contributed by atoms with Gasteiger partial charge in [0.15, 0.2) is 6.61 Å². The fourth-order valence-corrected chi connectivity index (χ4v) is 2.55. The molecule has 0 saturated carbocycles. The van der Waals surface area contributed by atoms with Crippen molar-refractivity contribution in [3.63, 3.8) is 0 Å². The predicted octanol–water partition coefficient (Wildman–Crippen LogP) is 2.28. The Hall–Kier alpha value is -2.86. The Morgan fingerprint density at radius 3 is 2.56 bits per heavy atom. The highest BCUT2D eigenvalue weighted by atomic mass is 35.5. The molecule has 1 heterocycles. The van der Waals surface area contributed by atoms with Crippen LogP contribution in [0.3, 0.4) is 0 Å². The molecule has 0 atom stereocenters. The third kappa shape index (κ3) is 3.97. The number of nitrogens with zero attached hydrogens (tertiary/aromatic N) is 2. The maximum Gasteiger partial charge on any atom is 0.274 e. The molecule has 7 heteroatoms. The van der Waals surface area contributed by atoms with E-state index in [9.17, 15) is 9.59 Å². The van der Waals surface area contributed by atoms with Gasteiger partial charge in [0.2, 0.25) is 0 Å². The number of aryl methyl sites for hydroxylation is 1. The number of carbonyl (C=O) groups excluding carboxylic acids is 1. The highest BCUT2D eigenvalue weighted by molar-refractivity contribution is 6.30. The molecule has 25 heavy (non-hydrogen) atoms. The number of nitrogens with one attached hydrogen (secondary N) is 1. The summed E-state index contributed by atoms with van der Waals surface area (Å²) in [6.45, 7) is 0.0861. The Kier molecular flexibility index (Phi) is 5.00. The first-order chi connectivity index (χ1) is 12.0. The minimum absolute atomic E-state index is 0.120. The number of halogens is 1. The number of hydrogen-bond acceptors (Lipinski definition) is 4. The number of ether oxygens (including phenoxy) is 1. The summed E-state index contributed by atoms with van der Waals surface area (Å²) in [5.74, 6) is 0.278. The largest absolute Gasteiger partial charge is 0.484 e. The van der Waals surface area contributed by atoms with Crippen LogP contribution < -0.4 is 15.6 Å². The Bertz CT molecular complexity index is 967. The second-order valence-corrected chi connectivity index (χ2v) is 5.88. The number of carbonyl (C=O) groups is 1. The summed E-state index contributed by atoms with van der Waals surface area (Å²) in [6.07, 6.45) is 0. The highest BCUT2D eigenvalue weighted by Gasteiger charge is 2.10. The van der Waals surface area contributed by atoms with Gasteiger partial charge in [-0.3, -0.25) is 9.59 Å². The summed E-state index contributed by atoms with van der Waals surface area (Å²) in [5, 5.41) is 8.89. The lowest BCUT2D eigenvalue weighted by atomic mass is 10.1. The lowest BCUT2D eigenvalue weighted by Gasteiger charge is -2.10. The van der Waals surface area contributed by atoms with E-state index in [1.165, 1.54) is 4.68 Å². The van der Waals surface area contributed by atoms with Crippen LogP contribution in [0.5, 0.6) is 5.75 Å². The van der Waals surface area contributed by atoms with Crippen LogP contribution in [0.1, 0.15) is 5.69 Å². The molecule has 0 aliphatic rings.